The Kier molecular flexibility index (Phi) is 8.58. The minimum absolute atomic E-state index is 0.333. The molecule has 1 aromatic carbocycles. The molecule has 0 amide bonds. The molecular weight excluding hydrogens is 436 g/mol. The van der Waals surface area contributed by atoms with Crippen LogP contribution in [0.5, 0.6) is 0 Å². The summed E-state index contributed by atoms with van der Waals surface area (Å²) in [6.07, 6.45) is 11.3. The Balaban J connectivity index is 1.35. The average Bonchev–Trinajstić information content (AvgIpc) is 3.19. The first-order valence-corrected chi connectivity index (χ1v) is 13.9. The Hall–Kier alpha value is -1.46. The number of aliphatic hydroxyl groups excluding tert-OH is 4. The number of hydrogen-bond donors (Lipinski definition) is 4. The van der Waals surface area contributed by atoms with Crippen LogP contribution in [-0.4, -0.2) is 38.7 Å². The van der Waals surface area contributed by atoms with Gasteiger partial charge >= 0.3 is 0 Å². The van der Waals surface area contributed by atoms with E-state index in [9.17, 15) is 20.4 Å². The van der Waals surface area contributed by atoms with E-state index in [2.05, 4.69) is 45.1 Å². The van der Waals surface area contributed by atoms with Gasteiger partial charge in [0.05, 0.1) is 18.3 Å². The van der Waals surface area contributed by atoms with Crippen molar-refractivity contribution in [2.75, 3.05) is 0 Å². The maximum absolute atomic E-state index is 10.6. The first-order chi connectivity index (χ1) is 16.7. The third-order valence-electron chi connectivity index (χ3n) is 9.59. The molecule has 194 valence electrons. The van der Waals surface area contributed by atoms with Gasteiger partial charge in [-0.2, -0.15) is 0 Å². The highest BCUT2D eigenvalue weighted by Crippen LogP contribution is 2.60. The van der Waals surface area contributed by atoms with Crippen molar-refractivity contribution in [2.24, 2.45) is 23.2 Å². The summed E-state index contributed by atoms with van der Waals surface area (Å²) >= 11 is 0. The summed E-state index contributed by atoms with van der Waals surface area (Å²) < 4.78 is 0. The summed E-state index contributed by atoms with van der Waals surface area (Å²) in [5.74, 6) is 1.98. The molecule has 4 rings (SSSR count). The number of benzene rings is 1. The highest BCUT2D eigenvalue weighted by atomic mass is 16.4. The van der Waals surface area contributed by atoms with Gasteiger partial charge in [0, 0.05) is 0 Å². The van der Waals surface area contributed by atoms with Crippen LogP contribution in [0.4, 0.5) is 0 Å². The van der Waals surface area contributed by atoms with Gasteiger partial charge in [0.15, 0.2) is 0 Å². The van der Waals surface area contributed by atoms with E-state index < -0.39 is 18.3 Å². The fourth-order valence-corrected chi connectivity index (χ4v) is 7.48. The molecule has 0 aliphatic heterocycles. The molecular formula is C31H46O4. The van der Waals surface area contributed by atoms with Gasteiger partial charge in [-0.25, -0.2) is 0 Å². The van der Waals surface area contributed by atoms with Gasteiger partial charge in [-0.05, 0) is 87.0 Å². The fraction of sp³-hybridized carbons (Fsp3) is 0.677. The summed E-state index contributed by atoms with van der Waals surface area (Å²) in [4.78, 5) is 0. The zero-order valence-electron chi connectivity index (χ0n) is 21.9. The van der Waals surface area contributed by atoms with Crippen LogP contribution >= 0.6 is 0 Å². The van der Waals surface area contributed by atoms with E-state index in [4.69, 9.17) is 0 Å². The Morgan fingerprint density at radius 3 is 2.37 bits per heavy atom. The molecule has 3 aliphatic carbocycles. The summed E-state index contributed by atoms with van der Waals surface area (Å²) in [7, 11) is 0. The Bertz CT molecular complexity index is 889. The number of rotatable bonds is 7. The molecule has 3 fully saturated rings. The second kappa shape index (κ2) is 11.3. The molecule has 4 nitrogen and oxygen atoms in total. The lowest BCUT2D eigenvalue weighted by Gasteiger charge is -2.44. The van der Waals surface area contributed by atoms with E-state index in [0.717, 1.165) is 36.8 Å². The van der Waals surface area contributed by atoms with Crippen molar-refractivity contribution in [3.63, 3.8) is 0 Å². The van der Waals surface area contributed by atoms with Crippen LogP contribution in [0.15, 0.2) is 47.6 Å². The molecule has 4 N–H and O–H groups in total. The highest BCUT2D eigenvalue weighted by molar-refractivity contribution is 5.27. The lowest BCUT2D eigenvalue weighted by molar-refractivity contribution is -0.0713. The molecule has 35 heavy (non-hydrogen) atoms. The predicted octanol–water partition coefficient (Wildman–Crippen LogP) is 5.78. The highest BCUT2D eigenvalue weighted by Gasteiger charge is 2.50. The maximum Gasteiger partial charge on any atom is 0.106 e. The summed E-state index contributed by atoms with van der Waals surface area (Å²) in [6, 6.07) is 8.25. The minimum atomic E-state index is -1.03. The first-order valence-electron chi connectivity index (χ1n) is 13.9. The molecule has 4 heteroatoms. The van der Waals surface area contributed by atoms with Crippen LogP contribution < -0.4 is 0 Å². The second-order valence-electron chi connectivity index (χ2n) is 12.0. The predicted molar refractivity (Wildman–Crippen MR) is 141 cm³/mol. The zero-order chi connectivity index (χ0) is 25.2. The summed E-state index contributed by atoms with van der Waals surface area (Å²) in [6.45, 7) is 7.01. The third kappa shape index (κ3) is 5.93. The van der Waals surface area contributed by atoms with Crippen LogP contribution in [-0.2, 0) is 0 Å². The lowest BCUT2D eigenvalue weighted by atomic mass is 9.60. The van der Waals surface area contributed by atoms with E-state index in [1.54, 1.807) is 0 Å². The van der Waals surface area contributed by atoms with Gasteiger partial charge in [-0.3, -0.25) is 0 Å². The monoisotopic (exact) mass is 482 g/mol. The molecule has 0 bridgehead atoms. The van der Waals surface area contributed by atoms with Gasteiger partial charge in [0.25, 0.3) is 0 Å². The normalized spacial score (nSPS) is 36.1. The smallest absolute Gasteiger partial charge is 0.106 e. The molecule has 0 aromatic heterocycles. The number of fused-ring (bicyclic) bond motifs is 1. The molecule has 0 heterocycles. The largest absolute Gasteiger partial charge is 0.390 e. The van der Waals surface area contributed by atoms with Gasteiger partial charge in [0.2, 0.25) is 0 Å². The van der Waals surface area contributed by atoms with Crippen molar-refractivity contribution in [3.05, 3.63) is 58.7 Å². The van der Waals surface area contributed by atoms with E-state index in [1.165, 1.54) is 36.8 Å². The second-order valence-corrected chi connectivity index (χ2v) is 12.0. The molecule has 1 aromatic rings. The maximum atomic E-state index is 10.6. The Morgan fingerprint density at radius 1 is 1.00 bits per heavy atom. The van der Waals surface area contributed by atoms with E-state index in [1.807, 2.05) is 12.1 Å². The number of hydrogen-bond acceptors (Lipinski definition) is 4. The van der Waals surface area contributed by atoms with Crippen LogP contribution in [0.2, 0.25) is 0 Å². The molecule has 0 unspecified atom stereocenters. The van der Waals surface area contributed by atoms with Crippen LogP contribution in [0.1, 0.15) is 95.3 Å². The fourth-order valence-electron chi connectivity index (χ4n) is 7.48. The third-order valence-corrected chi connectivity index (χ3v) is 9.59. The van der Waals surface area contributed by atoms with Crippen molar-refractivity contribution in [1.29, 1.82) is 0 Å². The van der Waals surface area contributed by atoms with Gasteiger partial charge < -0.3 is 20.4 Å². The van der Waals surface area contributed by atoms with Gasteiger partial charge in [0.1, 0.15) is 6.10 Å². The van der Waals surface area contributed by atoms with Crippen molar-refractivity contribution in [3.8, 4) is 0 Å². The van der Waals surface area contributed by atoms with E-state index in [-0.39, 0.29) is 6.10 Å². The standard InChI is InChI=1S/C31H46O4/c1-20-9-12-24(13-10-20)27(32)8-4-6-21(2)25-15-16-26-23(7-5-17-31(25,26)3)14-11-22-18-28(33)30(35)29(34)19-22/h9-14,21,25-30,32-35H,4-8,15-19H2,1-3H3/b22-11?,23-14+/t21-,25-,26+,27+,28-,29-,30?,31-/m1/s1. The number of allylic oxidation sites excluding steroid dienone is 3. The van der Waals surface area contributed by atoms with Crippen LogP contribution in [0, 0.1) is 30.1 Å². The zero-order valence-corrected chi connectivity index (χ0v) is 21.9. The summed E-state index contributed by atoms with van der Waals surface area (Å²) in [5.41, 5.74) is 5.15. The minimum Gasteiger partial charge on any atom is -0.390 e. The van der Waals surface area contributed by atoms with Gasteiger partial charge in [-0.1, -0.05) is 79.8 Å². The van der Waals surface area contributed by atoms with E-state index in [0.29, 0.717) is 36.0 Å². The van der Waals surface area contributed by atoms with Crippen molar-refractivity contribution in [2.45, 2.75) is 109 Å². The van der Waals surface area contributed by atoms with Crippen molar-refractivity contribution in [1.82, 2.24) is 0 Å². The average molecular weight is 483 g/mol. The van der Waals surface area contributed by atoms with Crippen LogP contribution in [0.3, 0.4) is 0 Å². The van der Waals surface area contributed by atoms with Gasteiger partial charge in [-0.15, -0.1) is 0 Å². The Labute approximate surface area is 211 Å². The molecule has 0 saturated heterocycles. The van der Waals surface area contributed by atoms with Crippen molar-refractivity contribution >= 4 is 0 Å². The molecule has 3 saturated carbocycles. The topological polar surface area (TPSA) is 80.9 Å². The lowest BCUT2D eigenvalue weighted by Crippen LogP contribution is -2.41. The number of aliphatic hydroxyl groups is 4. The Morgan fingerprint density at radius 2 is 1.69 bits per heavy atom. The van der Waals surface area contributed by atoms with E-state index >= 15 is 0 Å². The summed E-state index contributed by atoms with van der Waals surface area (Å²) in [5, 5.41) is 40.5. The van der Waals surface area contributed by atoms with Crippen molar-refractivity contribution < 1.29 is 20.4 Å². The molecule has 0 spiro atoms. The molecule has 7 atom stereocenters. The SMILES string of the molecule is Cc1ccc([C@@H](O)CCC[C@@H](C)[C@H]2CC[C@H]3/C(=C/C=C4C[C@@H](O)C(O)[C@H](O)C4)CCC[C@]23C)cc1. The molecule has 0 radical (unpaired) electrons. The number of aryl methyl sites for hydroxylation is 1. The quantitative estimate of drug-likeness (QED) is 0.397. The van der Waals surface area contributed by atoms with Crippen LogP contribution in [0.25, 0.3) is 0 Å². The first kappa shape index (κ1) is 26.6. The molecule has 3 aliphatic rings.